The molecule has 4 fully saturated rings. The van der Waals surface area contributed by atoms with Crippen molar-refractivity contribution >= 4 is 0 Å². The van der Waals surface area contributed by atoms with Crippen LogP contribution in [0.1, 0.15) is 125 Å². The normalized spacial score (nSPS) is 49.4. The third-order valence-electron chi connectivity index (χ3n) is 11.8. The van der Waals surface area contributed by atoms with Gasteiger partial charge in [0.05, 0.1) is 6.10 Å². The Labute approximate surface area is 188 Å². The Balaban J connectivity index is 1.56. The second-order valence-corrected chi connectivity index (χ2v) is 13.4. The summed E-state index contributed by atoms with van der Waals surface area (Å²) in [7, 11) is 0. The molecule has 0 amide bonds. The SMILES string of the molecule is CC[C@@]12CC[C@@H]3C[C@@H](O)CC[C@]3(C)[C@@H]1CC[C@]1(C)[C@@H]([C@H](C)CCCC(C)C)CC[C@@H]12. The van der Waals surface area contributed by atoms with Crippen LogP contribution in [0.2, 0.25) is 0 Å². The summed E-state index contributed by atoms with van der Waals surface area (Å²) >= 11 is 0. The molecule has 0 radical (unpaired) electrons. The van der Waals surface area contributed by atoms with Crippen LogP contribution >= 0.6 is 0 Å². The van der Waals surface area contributed by atoms with Crippen molar-refractivity contribution in [1.82, 2.24) is 0 Å². The molecule has 174 valence electrons. The largest absolute Gasteiger partial charge is 0.393 e. The van der Waals surface area contributed by atoms with Crippen LogP contribution in [0.3, 0.4) is 0 Å². The van der Waals surface area contributed by atoms with Crippen molar-refractivity contribution in [1.29, 1.82) is 0 Å². The lowest BCUT2D eigenvalue weighted by atomic mass is 9.38. The molecule has 1 nitrogen and oxygen atoms in total. The molecule has 0 saturated heterocycles. The van der Waals surface area contributed by atoms with E-state index in [9.17, 15) is 5.11 Å². The molecule has 0 heterocycles. The molecule has 0 aromatic heterocycles. The number of hydrogen-bond donors (Lipinski definition) is 1. The van der Waals surface area contributed by atoms with Gasteiger partial charge in [0.2, 0.25) is 0 Å². The summed E-state index contributed by atoms with van der Waals surface area (Å²) in [5, 5.41) is 10.4. The Morgan fingerprint density at radius 3 is 2.23 bits per heavy atom. The first kappa shape index (κ1) is 23.1. The zero-order chi connectivity index (χ0) is 21.7. The first-order valence-electron chi connectivity index (χ1n) is 13.9. The highest BCUT2D eigenvalue weighted by atomic mass is 16.3. The molecular weight excluding hydrogens is 364 g/mol. The van der Waals surface area contributed by atoms with Crippen LogP contribution in [0, 0.1) is 51.8 Å². The van der Waals surface area contributed by atoms with Crippen LogP contribution in [0.25, 0.3) is 0 Å². The Morgan fingerprint density at radius 2 is 1.53 bits per heavy atom. The fourth-order valence-corrected chi connectivity index (χ4v) is 10.3. The fourth-order valence-electron chi connectivity index (χ4n) is 10.3. The summed E-state index contributed by atoms with van der Waals surface area (Å²) in [4.78, 5) is 0. The molecule has 0 spiro atoms. The summed E-state index contributed by atoms with van der Waals surface area (Å²) in [6, 6.07) is 0. The predicted octanol–water partition coefficient (Wildman–Crippen LogP) is 8.25. The molecule has 9 atom stereocenters. The van der Waals surface area contributed by atoms with E-state index in [0.29, 0.717) is 16.2 Å². The van der Waals surface area contributed by atoms with Gasteiger partial charge in [-0.2, -0.15) is 0 Å². The van der Waals surface area contributed by atoms with E-state index in [1.165, 1.54) is 70.6 Å². The summed E-state index contributed by atoms with van der Waals surface area (Å²) < 4.78 is 0. The van der Waals surface area contributed by atoms with Gasteiger partial charge >= 0.3 is 0 Å². The van der Waals surface area contributed by atoms with E-state index < -0.39 is 0 Å². The molecule has 4 aliphatic carbocycles. The maximum absolute atomic E-state index is 10.4. The van der Waals surface area contributed by atoms with Gasteiger partial charge in [-0.05, 0) is 116 Å². The zero-order valence-corrected chi connectivity index (χ0v) is 21.2. The number of aliphatic hydroxyl groups is 1. The van der Waals surface area contributed by atoms with Crippen molar-refractivity contribution in [2.75, 3.05) is 0 Å². The monoisotopic (exact) mass is 416 g/mol. The molecule has 0 aromatic rings. The second-order valence-electron chi connectivity index (χ2n) is 13.4. The lowest BCUT2D eigenvalue weighted by molar-refractivity contribution is -0.185. The highest BCUT2D eigenvalue weighted by Gasteiger charge is 2.66. The van der Waals surface area contributed by atoms with Gasteiger partial charge in [0.15, 0.2) is 0 Å². The standard InChI is InChI=1S/C29H52O/c1-7-29-18-13-22-19-23(30)14-16-27(22,5)26(29)15-17-28(6)24(11-12-25(28)29)21(4)10-8-9-20(2)3/h20-26,30H,7-19H2,1-6H3/t21-,22-,23+,24-,25+,26+,27+,28-,29+/m1/s1. The van der Waals surface area contributed by atoms with Gasteiger partial charge in [-0.3, -0.25) is 0 Å². The Bertz CT molecular complexity index is 597. The minimum absolute atomic E-state index is 0.0198. The molecule has 0 unspecified atom stereocenters. The van der Waals surface area contributed by atoms with Gasteiger partial charge in [0.1, 0.15) is 0 Å². The molecule has 4 saturated carbocycles. The van der Waals surface area contributed by atoms with Crippen LogP contribution in [-0.2, 0) is 0 Å². The predicted molar refractivity (Wildman–Crippen MR) is 128 cm³/mol. The van der Waals surface area contributed by atoms with Crippen LogP contribution in [0.15, 0.2) is 0 Å². The summed E-state index contributed by atoms with van der Waals surface area (Å²) in [6.45, 7) is 15.3. The lowest BCUT2D eigenvalue weighted by Gasteiger charge is -2.67. The minimum atomic E-state index is -0.0198. The smallest absolute Gasteiger partial charge is 0.0543 e. The van der Waals surface area contributed by atoms with Crippen molar-refractivity contribution in [2.24, 2.45) is 51.8 Å². The molecule has 4 rings (SSSR count). The summed E-state index contributed by atoms with van der Waals surface area (Å²) in [5.41, 5.74) is 1.67. The number of hydrogen-bond acceptors (Lipinski definition) is 1. The van der Waals surface area contributed by atoms with Crippen molar-refractivity contribution in [3.63, 3.8) is 0 Å². The van der Waals surface area contributed by atoms with Gasteiger partial charge in [0, 0.05) is 0 Å². The topological polar surface area (TPSA) is 20.2 Å². The van der Waals surface area contributed by atoms with E-state index >= 15 is 0 Å². The van der Waals surface area contributed by atoms with Crippen LogP contribution in [0.4, 0.5) is 0 Å². The third kappa shape index (κ3) is 3.52. The number of aliphatic hydroxyl groups excluding tert-OH is 1. The van der Waals surface area contributed by atoms with E-state index in [4.69, 9.17) is 0 Å². The Kier molecular flexibility index (Phi) is 6.47. The van der Waals surface area contributed by atoms with Crippen LogP contribution in [-0.4, -0.2) is 11.2 Å². The lowest BCUT2D eigenvalue weighted by Crippen LogP contribution is -2.60. The third-order valence-corrected chi connectivity index (χ3v) is 11.8. The van der Waals surface area contributed by atoms with Gasteiger partial charge in [-0.1, -0.05) is 60.8 Å². The molecule has 1 heteroatoms. The number of fused-ring (bicyclic) bond motifs is 5. The summed E-state index contributed by atoms with van der Waals surface area (Å²) in [5.74, 6) is 5.36. The first-order valence-corrected chi connectivity index (χ1v) is 13.9. The van der Waals surface area contributed by atoms with Gasteiger partial charge < -0.3 is 5.11 Å². The maximum Gasteiger partial charge on any atom is 0.0543 e. The molecule has 4 aliphatic rings. The summed E-state index contributed by atoms with van der Waals surface area (Å²) in [6.07, 6.45) is 17.9. The van der Waals surface area contributed by atoms with E-state index in [1.807, 2.05) is 0 Å². The molecule has 30 heavy (non-hydrogen) atoms. The van der Waals surface area contributed by atoms with Gasteiger partial charge in [-0.15, -0.1) is 0 Å². The second kappa shape index (κ2) is 8.39. The molecule has 0 aliphatic heterocycles. The fraction of sp³-hybridized carbons (Fsp3) is 1.00. The average molecular weight is 417 g/mol. The molecular formula is C29H52O. The highest BCUT2D eigenvalue weighted by Crippen LogP contribution is 2.74. The zero-order valence-electron chi connectivity index (χ0n) is 21.2. The minimum Gasteiger partial charge on any atom is -0.393 e. The number of rotatable bonds is 6. The molecule has 0 aromatic carbocycles. The van der Waals surface area contributed by atoms with Crippen molar-refractivity contribution in [3.8, 4) is 0 Å². The Hall–Kier alpha value is -0.0400. The van der Waals surface area contributed by atoms with Crippen molar-refractivity contribution < 1.29 is 5.11 Å². The highest BCUT2D eigenvalue weighted by molar-refractivity contribution is 5.15. The van der Waals surface area contributed by atoms with Crippen molar-refractivity contribution in [2.45, 2.75) is 131 Å². The van der Waals surface area contributed by atoms with E-state index in [0.717, 1.165) is 48.3 Å². The van der Waals surface area contributed by atoms with E-state index in [1.54, 1.807) is 0 Å². The quantitative estimate of drug-likeness (QED) is 0.462. The van der Waals surface area contributed by atoms with Crippen molar-refractivity contribution in [3.05, 3.63) is 0 Å². The molecule has 0 bridgehead atoms. The van der Waals surface area contributed by atoms with E-state index in [-0.39, 0.29) is 6.10 Å². The average Bonchev–Trinajstić information content (AvgIpc) is 3.06. The maximum atomic E-state index is 10.4. The first-order chi connectivity index (χ1) is 14.2. The molecule has 1 N–H and O–H groups in total. The van der Waals surface area contributed by atoms with Gasteiger partial charge in [0.25, 0.3) is 0 Å². The Morgan fingerprint density at radius 1 is 0.833 bits per heavy atom. The van der Waals surface area contributed by atoms with Gasteiger partial charge in [-0.25, -0.2) is 0 Å². The van der Waals surface area contributed by atoms with E-state index in [2.05, 4.69) is 41.5 Å². The van der Waals surface area contributed by atoms with Crippen LogP contribution in [0.5, 0.6) is 0 Å². The van der Waals surface area contributed by atoms with Crippen LogP contribution < -0.4 is 0 Å².